The number of fused-ring (bicyclic) bond motifs is 3. The molecule has 0 aliphatic heterocycles. The highest BCUT2D eigenvalue weighted by atomic mass is 19.2. The maximum atomic E-state index is 14.0. The summed E-state index contributed by atoms with van der Waals surface area (Å²) in [4.78, 5) is 23.4. The zero-order valence-electron chi connectivity index (χ0n) is 15.0. The maximum absolute atomic E-state index is 14.0. The molecule has 2 N–H and O–H groups in total. The van der Waals surface area contributed by atoms with Crippen molar-refractivity contribution in [3.63, 3.8) is 0 Å². The van der Waals surface area contributed by atoms with Crippen LogP contribution in [-0.2, 0) is 4.74 Å². The minimum atomic E-state index is -1.50. The predicted molar refractivity (Wildman–Crippen MR) is 102 cm³/mol. The molecule has 3 aromatic carbocycles. The van der Waals surface area contributed by atoms with Gasteiger partial charge in [0, 0.05) is 5.92 Å². The summed E-state index contributed by atoms with van der Waals surface area (Å²) in [5.41, 5.74) is 2.73. The van der Waals surface area contributed by atoms with Crippen molar-refractivity contribution in [2.45, 2.75) is 5.92 Å². The van der Waals surface area contributed by atoms with Gasteiger partial charge in [0.2, 0.25) is 0 Å². The Kier molecular flexibility index (Phi) is 4.72. The van der Waals surface area contributed by atoms with Crippen LogP contribution < -0.4 is 5.32 Å². The van der Waals surface area contributed by atoms with Gasteiger partial charge in [0.05, 0.1) is 11.3 Å². The molecule has 0 unspecified atom stereocenters. The number of hydrogen-bond acceptors (Lipinski definition) is 3. The third-order valence-electron chi connectivity index (χ3n) is 4.90. The molecule has 4 rings (SSSR count). The number of carboxylic acid groups (broad SMARTS) is 1. The topological polar surface area (TPSA) is 75.6 Å². The summed E-state index contributed by atoms with van der Waals surface area (Å²) in [5.74, 6) is -4.45. The number of carboxylic acids is 1. The third kappa shape index (κ3) is 3.31. The number of halogens is 2. The van der Waals surface area contributed by atoms with Crippen molar-refractivity contribution in [1.82, 2.24) is 0 Å². The summed E-state index contributed by atoms with van der Waals surface area (Å²) in [6, 6.07) is 17.0. The molecule has 0 saturated carbocycles. The molecule has 0 fully saturated rings. The minimum absolute atomic E-state index is 0.0425. The molecule has 0 aromatic heterocycles. The highest BCUT2D eigenvalue weighted by molar-refractivity contribution is 5.99. The van der Waals surface area contributed by atoms with Crippen molar-refractivity contribution >= 4 is 17.7 Å². The number of hydrogen-bond donors (Lipinski definition) is 2. The van der Waals surface area contributed by atoms with Crippen LogP contribution in [0.5, 0.6) is 0 Å². The first-order chi connectivity index (χ1) is 14.0. The lowest BCUT2D eigenvalue weighted by Gasteiger charge is -2.15. The second-order valence-electron chi connectivity index (χ2n) is 6.54. The SMILES string of the molecule is O=C(Nc1c(C(=O)O)ccc(F)c1F)OCC1c2ccccc2-c2ccccc21. The number of carbonyl (C=O) groups excluding carboxylic acids is 1. The first-order valence-electron chi connectivity index (χ1n) is 8.80. The van der Waals surface area contributed by atoms with E-state index in [1.54, 1.807) is 0 Å². The van der Waals surface area contributed by atoms with Crippen LogP contribution in [0.15, 0.2) is 60.7 Å². The molecule has 0 saturated heterocycles. The van der Waals surface area contributed by atoms with Gasteiger partial charge in [-0.15, -0.1) is 0 Å². The highest BCUT2D eigenvalue weighted by Gasteiger charge is 2.29. The third-order valence-corrected chi connectivity index (χ3v) is 4.90. The summed E-state index contributed by atoms with van der Waals surface area (Å²) in [5, 5.41) is 11.1. The van der Waals surface area contributed by atoms with E-state index in [1.165, 1.54) is 0 Å². The Morgan fingerprint density at radius 2 is 1.52 bits per heavy atom. The molecule has 0 atom stereocenters. The molecule has 5 nitrogen and oxygen atoms in total. The van der Waals surface area contributed by atoms with Gasteiger partial charge in [0.1, 0.15) is 6.61 Å². The average molecular weight is 395 g/mol. The van der Waals surface area contributed by atoms with Crippen LogP contribution in [0, 0.1) is 11.6 Å². The molecule has 29 heavy (non-hydrogen) atoms. The number of nitrogens with one attached hydrogen (secondary N) is 1. The van der Waals surface area contributed by atoms with Gasteiger partial charge in [-0.1, -0.05) is 48.5 Å². The Labute approximate surface area is 164 Å². The standard InChI is InChI=1S/C22H15F2NO4/c23-18-10-9-16(21(26)27)20(19(18)24)25-22(28)29-11-17-14-7-3-1-5-12(14)13-6-2-4-8-15(13)17/h1-10,17H,11H2,(H,25,28)(H,26,27). The molecule has 1 amide bonds. The fraction of sp³-hybridized carbons (Fsp3) is 0.0909. The van der Waals surface area contributed by atoms with Gasteiger partial charge >= 0.3 is 12.1 Å². The number of benzene rings is 3. The Bertz CT molecular complexity index is 1080. The second kappa shape index (κ2) is 7.35. The van der Waals surface area contributed by atoms with E-state index in [-0.39, 0.29) is 12.5 Å². The van der Waals surface area contributed by atoms with Crippen LogP contribution in [0.4, 0.5) is 19.3 Å². The molecule has 0 spiro atoms. The molecule has 3 aromatic rings. The van der Waals surface area contributed by atoms with Crippen LogP contribution in [0.2, 0.25) is 0 Å². The summed E-state index contributed by atoms with van der Waals surface area (Å²) >= 11 is 0. The van der Waals surface area contributed by atoms with Crippen molar-refractivity contribution in [3.05, 3.63) is 89.0 Å². The Morgan fingerprint density at radius 1 is 0.931 bits per heavy atom. The van der Waals surface area contributed by atoms with Gasteiger partial charge in [-0.05, 0) is 34.4 Å². The maximum Gasteiger partial charge on any atom is 0.411 e. The van der Waals surface area contributed by atoms with Crippen LogP contribution >= 0.6 is 0 Å². The monoisotopic (exact) mass is 395 g/mol. The van der Waals surface area contributed by atoms with Crippen LogP contribution in [-0.4, -0.2) is 23.8 Å². The van der Waals surface area contributed by atoms with E-state index in [1.807, 2.05) is 53.8 Å². The second-order valence-corrected chi connectivity index (χ2v) is 6.54. The van der Waals surface area contributed by atoms with Gasteiger partial charge < -0.3 is 9.84 Å². The Hall–Kier alpha value is -3.74. The number of rotatable bonds is 4. The quantitative estimate of drug-likeness (QED) is 0.650. The van der Waals surface area contributed by atoms with E-state index in [9.17, 15) is 18.4 Å². The molecule has 146 valence electrons. The molecule has 1 aliphatic rings. The van der Waals surface area contributed by atoms with Gasteiger partial charge in [-0.2, -0.15) is 0 Å². The number of ether oxygens (including phenoxy) is 1. The van der Waals surface area contributed by atoms with E-state index >= 15 is 0 Å². The lowest BCUT2D eigenvalue weighted by Crippen LogP contribution is -2.20. The van der Waals surface area contributed by atoms with E-state index in [4.69, 9.17) is 9.84 Å². The van der Waals surface area contributed by atoms with Crippen LogP contribution in [0.1, 0.15) is 27.4 Å². The van der Waals surface area contributed by atoms with E-state index in [0.717, 1.165) is 28.3 Å². The molecule has 0 radical (unpaired) electrons. The largest absolute Gasteiger partial charge is 0.478 e. The smallest absolute Gasteiger partial charge is 0.411 e. The Morgan fingerprint density at radius 3 is 2.10 bits per heavy atom. The molecule has 1 aliphatic carbocycles. The van der Waals surface area contributed by atoms with Crippen LogP contribution in [0.3, 0.4) is 0 Å². The predicted octanol–water partition coefficient (Wildman–Crippen LogP) is 5.02. The summed E-state index contributed by atoms with van der Waals surface area (Å²) in [6.07, 6.45) is -1.07. The minimum Gasteiger partial charge on any atom is -0.478 e. The molecular formula is C22H15F2NO4. The van der Waals surface area contributed by atoms with E-state index in [2.05, 4.69) is 0 Å². The number of anilines is 1. The van der Waals surface area contributed by atoms with Crippen molar-refractivity contribution in [3.8, 4) is 11.1 Å². The lowest BCUT2D eigenvalue weighted by molar-refractivity contribution is 0.0697. The summed E-state index contributed by atoms with van der Waals surface area (Å²) in [6.45, 7) is -0.0425. The molecule has 0 bridgehead atoms. The van der Waals surface area contributed by atoms with Gasteiger partial charge in [-0.25, -0.2) is 18.4 Å². The normalized spacial score (nSPS) is 12.2. The first kappa shape index (κ1) is 18.6. The van der Waals surface area contributed by atoms with E-state index < -0.39 is 34.9 Å². The van der Waals surface area contributed by atoms with Gasteiger partial charge in [0.15, 0.2) is 11.6 Å². The van der Waals surface area contributed by atoms with Crippen LogP contribution in [0.25, 0.3) is 11.1 Å². The number of carbonyl (C=O) groups is 2. The van der Waals surface area contributed by atoms with Crippen molar-refractivity contribution in [1.29, 1.82) is 0 Å². The number of aromatic carboxylic acids is 1. The van der Waals surface area contributed by atoms with Crippen molar-refractivity contribution < 1.29 is 28.2 Å². The molecule has 0 heterocycles. The molecule has 7 heteroatoms. The summed E-state index contributed by atoms with van der Waals surface area (Å²) in [7, 11) is 0. The fourth-order valence-corrected chi connectivity index (χ4v) is 3.59. The fourth-order valence-electron chi connectivity index (χ4n) is 3.59. The van der Waals surface area contributed by atoms with Crippen molar-refractivity contribution in [2.75, 3.05) is 11.9 Å². The first-order valence-corrected chi connectivity index (χ1v) is 8.80. The lowest BCUT2D eigenvalue weighted by atomic mass is 9.98. The Balaban J connectivity index is 1.55. The van der Waals surface area contributed by atoms with Gasteiger partial charge in [-0.3, -0.25) is 5.32 Å². The van der Waals surface area contributed by atoms with Gasteiger partial charge in [0.25, 0.3) is 0 Å². The zero-order chi connectivity index (χ0) is 20.5. The van der Waals surface area contributed by atoms with E-state index in [0.29, 0.717) is 6.07 Å². The zero-order valence-corrected chi connectivity index (χ0v) is 15.0. The highest BCUT2D eigenvalue weighted by Crippen LogP contribution is 2.44. The van der Waals surface area contributed by atoms with Crippen molar-refractivity contribution in [2.24, 2.45) is 0 Å². The summed E-state index contributed by atoms with van der Waals surface area (Å²) < 4.78 is 32.7. The number of amides is 1. The molecular weight excluding hydrogens is 380 g/mol. The average Bonchev–Trinajstić information content (AvgIpc) is 3.03.